The van der Waals surface area contributed by atoms with Crippen molar-refractivity contribution in [3.8, 4) is 0 Å². The second kappa shape index (κ2) is 6.87. The summed E-state index contributed by atoms with van der Waals surface area (Å²) in [7, 11) is 1.36. The standard InChI is InChI=1S/C20H26N2O5/c1-19(2,17(25)27-3)13-6-8-15(9-7-13)21-18(26)22-11-14-5-4-10-20(14,12-22)16(23)24/h6-9,14H,4-5,10-12H2,1-3H3,(H,21,26)(H,23,24)/t14-,20+/m0/s1. The van der Waals surface area contributed by atoms with E-state index in [9.17, 15) is 19.5 Å². The van der Waals surface area contributed by atoms with E-state index in [1.165, 1.54) is 7.11 Å². The minimum Gasteiger partial charge on any atom is -0.481 e. The van der Waals surface area contributed by atoms with Crippen molar-refractivity contribution in [2.45, 2.75) is 38.5 Å². The number of hydrogen-bond donors (Lipinski definition) is 2. The Balaban J connectivity index is 1.67. The van der Waals surface area contributed by atoms with Gasteiger partial charge >= 0.3 is 18.0 Å². The Labute approximate surface area is 158 Å². The van der Waals surface area contributed by atoms with Gasteiger partial charge in [-0.2, -0.15) is 0 Å². The molecule has 0 unspecified atom stereocenters. The molecule has 1 aromatic rings. The van der Waals surface area contributed by atoms with Crippen molar-refractivity contribution in [3.05, 3.63) is 29.8 Å². The minimum atomic E-state index is -0.797. The molecule has 0 spiro atoms. The van der Waals surface area contributed by atoms with Gasteiger partial charge in [-0.05, 0) is 50.3 Å². The third-order valence-corrected chi connectivity index (χ3v) is 6.14. The molecule has 3 rings (SSSR count). The molecule has 2 atom stereocenters. The van der Waals surface area contributed by atoms with Crippen LogP contribution in [0.2, 0.25) is 0 Å². The molecule has 7 heteroatoms. The maximum Gasteiger partial charge on any atom is 0.321 e. The van der Waals surface area contributed by atoms with Gasteiger partial charge in [0, 0.05) is 18.8 Å². The summed E-state index contributed by atoms with van der Waals surface area (Å²) in [5, 5.41) is 12.5. The van der Waals surface area contributed by atoms with Crippen LogP contribution in [0.5, 0.6) is 0 Å². The normalized spacial score (nSPS) is 24.4. The number of nitrogens with one attached hydrogen (secondary N) is 1. The number of urea groups is 1. The monoisotopic (exact) mass is 374 g/mol. The second-order valence-corrected chi connectivity index (χ2v) is 8.06. The maximum absolute atomic E-state index is 12.6. The number of ether oxygens (including phenoxy) is 1. The molecule has 1 aromatic carbocycles. The zero-order valence-corrected chi connectivity index (χ0v) is 15.9. The molecule has 27 heavy (non-hydrogen) atoms. The van der Waals surface area contributed by atoms with Crippen LogP contribution in [0.3, 0.4) is 0 Å². The minimum absolute atomic E-state index is 0.0315. The fraction of sp³-hybridized carbons (Fsp3) is 0.550. The van der Waals surface area contributed by atoms with Crippen molar-refractivity contribution in [1.29, 1.82) is 0 Å². The van der Waals surface area contributed by atoms with Gasteiger partial charge < -0.3 is 20.1 Å². The van der Waals surface area contributed by atoms with Gasteiger partial charge in [-0.1, -0.05) is 18.6 Å². The average Bonchev–Trinajstić information content (AvgIpc) is 3.20. The van der Waals surface area contributed by atoms with Crippen molar-refractivity contribution in [1.82, 2.24) is 4.90 Å². The predicted octanol–water partition coefficient (Wildman–Crippen LogP) is 2.86. The zero-order valence-electron chi connectivity index (χ0n) is 15.9. The smallest absolute Gasteiger partial charge is 0.321 e. The SMILES string of the molecule is COC(=O)C(C)(C)c1ccc(NC(=O)N2C[C@@H]3CCC[C@@]3(C(=O)O)C2)cc1. The van der Waals surface area contributed by atoms with Gasteiger partial charge in [-0.3, -0.25) is 9.59 Å². The number of nitrogens with zero attached hydrogens (tertiary/aromatic N) is 1. The third-order valence-electron chi connectivity index (χ3n) is 6.14. The molecule has 0 bridgehead atoms. The number of likely N-dealkylation sites (tertiary alicyclic amines) is 1. The number of hydrogen-bond acceptors (Lipinski definition) is 4. The van der Waals surface area contributed by atoms with E-state index in [4.69, 9.17) is 4.74 Å². The summed E-state index contributed by atoms with van der Waals surface area (Å²) in [5.74, 6) is -1.10. The van der Waals surface area contributed by atoms with Crippen LogP contribution >= 0.6 is 0 Å². The first-order chi connectivity index (χ1) is 12.7. The summed E-state index contributed by atoms with van der Waals surface area (Å²) >= 11 is 0. The first-order valence-corrected chi connectivity index (χ1v) is 9.19. The van der Waals surface area contributed by atoms with Crippen LogP contribution in [0, 0.1) is 11.3 Å². The molecule has 0 radical (unpaired) electrons. The predicted molar refractivity (Wildman–Crippen MR) is 99.5 cm³/mol. The van der Waals surface area contributed by atoms with E-state index in [0.29, 0.717) is 18.7 Å². The van der Waals surface area contributed by atoms with Crippen LogP contribution in [0.15, 0.2) is 24.3 Å². The number of benzene rings is 1. The van der Waals surface area contributed by atoms with Gasteiger partial charge in [-0.25, -0.2) is 4.79 Å². The van der Waals surface area contributed by atoms with E-state index in [1.807, 2.05) is 0 Å². The Morgan fingerprint density at radius 1 is 1.26 bits per heavy atom. The van der Waals surface area contributed by atoms with Gasteiger partial charge in [0.15, 0.2) is 0 Å². The fourth-order valence-corrected chi connectivity index (χ4v) is 4.34. The quantitative estimate of drug-likeness (QED) is 0.790. The van der Waals surface area contributed by atoms with Gasteiger partial charge in [0.1, 0.15) is 0 Å². The van der Waals surface area contributed by atoms with E-state index >= 15 is 0 Å². The maximum atomic E-state index is 12.6. The molecule has 7 nitrogen and oxygen atoms in total. The highest BCUT2D eigenvalue weighted by molar-refractivity contribution is 5.91. The van der Waals surface area contributed by atoms with Crippen LogP contribution in [-0.2, 0) is 19.7 Å². The van der Waals surface area contributed by atoms with Crippen LogP contribution in [-0.4, -0.2) is 48.2 Å². The van der Waals surface area contributed by atoms with Crippen LogP contribution in [0.1, 0.15) is 38.7 Å². The number of rotatable bonds is 4. The first-order valence-electron chi connectivity index (χ1n) is 9.19. The van der Waals surface area contributed by atoms with E-state index in [1.54, 1.807) is 43.0 Å². The number of aliphatic carboxylic acids is 1. The van der Waals surface area contributed by atoms with E-state index < -0.39 is 16.8 Å². The highest BCUT2D eigenvalue weighted by Crippen LogP contribution is 2.48. The molecule has 146 valence electrons. The molecule has 1 aliphatic carbocycles. The van der Waals surface area contributed by atoms with Crippen molar-refractivity contribution in [2.24, 2.45) is 11.3 Å². The molecular weight excluding hydrogens is 348 g/mol. The summed E-state index contributed by atoms with van der Waals surface area (Å²) in [6.07, 6.45) is 2.39. The number of carboxylic acid groups (broad SMARTS) is 1. The topological polar surface area (TPSA) is 95.9 Å². The summed E-state index contributed by atoms with van der Waals surface area (Å²) in [5.41, 5.74) is -0.178. The van der Waals surface area contributed by atoms with Crippen molar-refractivity contribution < 1.29 is 24.2 Å². The molecule has 1 saturated carbocycles. The largest absolute Gasteiger partial charge is 0.481 e. The summed E-state index contributed by atoms with van der Waals surface area (Å²) in [4.78, 5) is 37.8. The lowest BCUT2D eigenvalue weighted by molar-refractivity contribution is -0.149. The number of fused-ring (bicyclic) bond motifs is 1. The Morgan fingerprint density at radius 2 is 1.93 bits per heavy atom. The van der Waals surface area contributed by atoms with Crippen molar-refractivity contribution >= 4 is 23.7 Å². The van der Waals surface area contributed by atoms with Gasteiger partial charge in [0.2, 0.25) is 0 Å². The Bertz CT molecular complexity index is 758. The first kappa shape index (κ1) is 19.2. The molecule has 0 aromatic heterocycles. The van der Waals surface area contributed by atoms with Gasteiger partial charge in [0.05, 0.1) is 17.9 Å². The number of methoxy groups -OCH3 is 1. The number of carbonyl (C=O) groups is 3. The lowest BCUT2D eigenvalue weighted by atomic mass is 9.81. The second-order valence-electron chi connectivity index (χ2n) is 8.06. The van der Waals surface area contributed by atoms with Crippen molar-refractivity contribution in [2.75, 3.05) is 25.5 Å². The molecular formula is C20H26N2O5. The summed E-state index contributed by atoms with van der Waals surface area (Å²) < 4.78 is 4.83. The zero-order chi connectivity index (χ0) is 19.8. The number of carboxylic acids is 1. The number of amides is 2. The number of anilines is 1. The van der Waals surface area contributed by atoms with Crippen LogP contribution in [0.25, 0.3) is 0 Å². The highest BCUT2D eigenvalue weighted by atomic mass is 16.5. The van der Waals surface area contributed by atoms with Crippen LogP contribution < -0.4 is 5.32 Å². The number of carbonyl (C=O) groups excluding carboxylic acids is 2. The van der Waals surface area contributed by atoms with Crippen LogP contribution in [0.4, 0.5) is 10.5 Å². The molecule has 1 aliphatic heterocycles. The van der Waals surface area contributed by atoms with Crippen molar-refractivity contribution in [3.63, 3.8) is 0 Å². The number of esters is 1. The Kier molecular flexibility index (Phi) is 4.88. The van der Waals surface area contributed by atoms with E-state index in [0.717, 1.165) is 18.4 Å². The average molecular weight is 374 g/mol. The van der Waals surface area contributed by atoms with E-state index in [-0.39, 0.29) is 24.5 Å². The summed E-state index contributed by atoms with van der Waals surface area (Å²) in [6.45, 7) is 4.29. The molecule has 1 saturated heterocycles. The lowest BCUT2D eigenvalue weighted by Crippen LogP contribution is -2.38. The lowest BCUT2D eigenvalue weighted by Gasteiger charge is -2.24. The molecule has 2 amide bonds. The Morgan fingerprint density at radius 3 is 2.48 bits per heavy atom. The summed E-state index contributed by atoms with van der Waals surface area (Å²) in [6, 6.07) is 6.75. The molecule has 2 aliphatic rings. The van der Waals surface area contributed by atoms with Gasteiger partial charge in [-0.15, -0.1) is 0 Å². The molecule has 1 heterocycles. The Hall–Kier alpha value is -2.57. The fourth-order valence-electron chi connectivity index (χ4n) is 4.34. The van der Waals surface area contributed by atoms with Gasteiger partial charge in [0.25, 0.3) is 0 Å². The molecule has 2 fully saturated rings. The highest BCUT2D eigenvalue weighted by Gasteiger charge is 2.55. The third kappa shape index (κ3) is 3.26. The molecule has 2 N–H and O–H groups in total. The van der Waals surface area contributed by atoms with E-state index in [2.05, 4.69) is 5.32 Å².